The van der Waals surface area contributed by atoms with Crippen molar-refractivity contribution in [2.45, 2.75) is 0 Å². The maximum atomic E-state index is 12.1. The molecule has 2 N–H and O–H groups in total. The molecule has 6 heteroatoms. The summed E-state index contributed by atoms with van der Waals surface area (Å²) in [5, 5.41) is 17.8. The van der Waals surface area contributed by atoms with Crippen LogP contribution < -0.4 is 5.69 Å². The largest absolute Gasteiger partial charge is 0.478 e. The standard InChI is InChI=1S/C15H9N3O3/c16-8-9-1-4-11(5-2-9)18-13-6-3-10(14(19)20)7-12(13)17-15(18)21/h1-7H,(H,17,21)(H,19,20). The number of rotatable bonds is 2. The number of nitriles is 1. The molecule has 6 nitrogen and oxygen atoms in total. The predicted octanol–water partition coefficient (Wildman–Crippen LogP) is 1.89. The second kappa shape index (κ2) is 4.65. The van der Waals surface area contributed by atoms with Crippen molar-refractivity contribution in [2.24, 2.45) is 0 Å². The van der Waals surface area contributed by atoms with E-state index in [1.54, 1.807) is 30.3 Å². The van der Waals surface area contributed by atoms with Gasteiger partial charge < -0.3 is 10.1 Å². The highest BCUT2D eigenvalue weighted by Crippen LogP contribution is 2.17. The molecule has 0 radical (unpaired) electrons. The lowest BCUT2D eigenvalue weighted by Crippen LogP contribution is -2.14. The molecule has 0 saturated carbocycles. The molecule has 0 fully saturated rings. The Morgan fingerprint density at radius 3 is 2.52 bits per heavy atom. The molecule has 0 aliphatic rings. The smallest absolute Gasteiger partial charge is 0.335 e. The molecule has 21 heavy (non-hydrogen) atoms. The Bertz CT molecular complexity index is 943. The first-order valence-corrected chi connectivity index (χ1v) is 6.09. The maximum Gasteiger partial charge on any atom is 0.335 e. The average molecular weight is 279 g/mol. The van der Waals surface area contributed by atoms with Gasteiger partial charge in [-0.1, -0.05) is 0 Å². The van der Waals surface area contributed by atoms with Crippen LogP contribution in [0.2, 0.25) is 0 Å². The fourth-order valence-corrected chi connectivity index (χ4v) is 2.19. The molecule has 3 aromatic rings. The third kappa shape index (κ3) is 2.07. The second-order valence-electron chi connectivity index (χ2n) is 4.46. The number of aromatic nitrogens is 2. The third-order valence-electron chi connectivity index (χ3n) is 3.18. The zero-order chi connectivity index (χ0) is 15.0. The number of carboxylic acid groups (broad SMARTS) is 1. The SMILES string of the molecule is N#Cc1ccc(-n2c(=O)[nH]c3cc(C(=O)O)ccc32)cc1. The summed E-state index contributed by atoms with van der Waals surface area (Å²) in [5.41, 5.74) is 1.88. The van der Waals surface area contributed by atoms with Crippen LogP contribution in [0.4, 0.5) is 0 Å². The lowest BCUT2D eigenvalue weighted by atomic mass is 10.2. The van der Waals surface area contributed by atoms with E-state index >= 15 is 0 Å². The number of aromatic amines is 1. The number of hydrogen-bond acceptors (Lipinski definition) is 3. The van der Waals surface area contributed by atoms with Gasteiger partial charge in [0, 0.05) is 0 Å². The van der Waals surface area contributed by atoms with Gasteiger partial charge in [0.2, 0.25) is 0 Å². The van der Waals surface area contributed by atoms with Crippen LogP contribution in [0.1, 0.15) is 15.9 Å². The van der Waals surface area contributed by atoms with Crippen molar-refractivity contribution in [3.05, 3.63) is 64.1 Å². The van der Waals surface area contributed by atoms with Crippen molar-refractivity contribution >= 4 is 17.0 Å². The lowest BCUT2D eigenvalue weighted by Gasteiger charge is -2.03. The molecule has 1 aromatic heterocycles. The summed E-state index contributed by atoms with van der Waals surface area (Å²) < 4.78 is 1.43. The van der Waals surface area contributed by atoms with Gasteiger partial charge in [-0.15, -0.1) is 0 Å². The number of benzene rings is 2. The van der Waals surface area contributed by atoms with Gasteiger partial charge in [0.05, 0.1) is 33.9 Å². The number of imidazole rings is 1. The number of fused-ring (bicyclic) bond motifs is 1. The zero-order valence-corrected chi connectivity index (χ0v) is 10.7. The topological polar surface area (TPSA) is 98.9 Å². The van der Waals surface area contributed by atoms with Gasteiger partial charge in [-0.25, -0.2) is 9.59 Å². The van der Waals surface area contributed by atoms with Gasteiger partial charge in [-0.3, -0.25) is 4.57 Å². The van der Waals surface area contributed by atoms with Crippen molar-refractivity contribution < 1.29 is 9.90 Å². The Morgan fingerprint density at radius 2 is 1.90 bits per heavy atom. The summed E-state index contributed by atoms with van der Waals surface area (Å²) in [6, 6.07) is 13.0. The van der Waals surface area contributed by atoms with Gasteiger partial charge in [0.15, 0.2) is 0 Å². The van der Waals surface area contributed by atoms with Crippen LogP contribution in [0.15, 0.2) is 47.3 Å². The highest BCUT2D eigenvalue weighted by Gasteiger charge is 2.11. The normalized spacial score (nSPS) is 10.4. The number of H-pyrrole nitrogens is 1. The maximum absolute atomic E-state index is 12.1. The Hall–Kier alpha value is -3.33. The quantitative estimate of drug-likeness (QED) is 0.748. The fourth-order valence-electron chi connectivity index (χ4n) is 2.19. The molecular weight excluding hydrogens is 270 g/mol. The van der Waals surface area contributed by atoms with Crippen molar-refractivity contribution in [3.8, 4) is 11.8 Å². The second-order valence-corrected chi connectivity index (χ2v) is 4.46. The molecule has 0 aliphatic heterocycles. The van der Waals surface area contributed by atoms with E-state index in [4.69, 9.17) is 10.4 Å². The van der Waals surface area contributed by atoms with Gasteiger partial charge in [-0.2, -0.15) is 5.26 Å². The molecule has 102 valence electrons. The Morgan fingerprint density at radius 1 is 1.19 bits per heavy atom. The van der Waals surface area contributed by atoms with E-state index in [2.05, 4.69) is 4.98 Å². The van der Waals surface area contributed by atoms with E-state index in [0.717, 1.165) is 0 Å². The van der Waals surface area contributed by atoms with E-state index in [0.29, 0.717) is 22.3 Å². The number of aromatic carboxylic acids is 1. The molecule has 2 aromatic carbocycles. The van der Waals surface area contributed by atoms with Crippen molar-refractivity contribution in [1.29, 1.82) is 5.26 Å². The highest BCUT2D eigenvalue weighted by atomic mass is 16.4. The number of hydrogen-bond donors (Lipinski definition) is 2. The molecule has 0 bridgehead atoms. The molecule has 0 atom stereocenters. The summed E-state index contributed by atoms with van der Waals surface area (Å²) in [6.45, 7) is 0. The van der Waals surface area contributed by atoms with Crippen LogP contribution >= 0.6 is 0 Å². The molecular formula is C15H9N3O3. The lowest BCUT2D eigenvalue weighted by molar-refractivity contribution is 0.0697. The van der Waals surface area contributed by atoms with Crippen LogP contribution in [-0.2, 0) is 0 Å². The summed E-state index contributed by atoms with van der Waals surface area (Å²) in [6.07, 6.45) is 0. The average Bonchev–Trinajstić information content (AvgIpc) is 2.82. The molecule has 3 rings (SSSR count). The Balaban J connectivity index is 2.22. The van der Waals surface area contributed by atoms with Gasteiger partial charge >= 0.3 is 11.7 Å². The first kappa shape index (κ1) is 12.7. The number of carboxylic acids is 1. The van der Waals surface area contributed by atoms with Crippen LogP contribution in [0, 0.1) is 11.3 Å². The summed E-state index contributed by atoms with van der Waals surface area (Å²) >= 11 is 0. The van der Waals surface area contributed by atoms with Crippen molar-refractivity contribution in [1.82, 2.24) is 9.55 Å². The van der Waals surface area contributed by atoms with Gasteiger partial charge in [-0.05, 0) is 42.5 Å². The van der Waals surface area contributed by atoms with Crippen LogP contribution in [-0.4, -0.2) is 20.6 Å². The van der Waals surface area contributed by atoms with E-state index in [1.807, 2.05) is 6.07 Å². The number of carbonyl (C=O) groups is 1. The minimum atomic E-state index is -1.05. The van der Waals surface area contributed by atoms with Crippen LogP contribution in [0.25, 0.3) is 16.7 Å². The van der Waals surface area contributed by atoms with Crippen LogP contribution in [0.3, 0.4) is 0 Å². The monoisotopic (exact) mass is 279 g/mol. The fraction of sp³-hybridized carbons (Fsp3) is 0. The number of nitrogens with one attached hydrogen (secondary N) is 1. The molecule has 0 unspecified atom stereocenters. The summed E-state index contributed by atoms with van der Waals surface area (Å²) in [5.74, 6) is -1.05. The van der Waals surface area contributed by atoms with Gasteiger partial charge in [0.1, 0.15) is 0 Å². The Kier molecular flexibility index (Phi) is 2.81. The summed E-state index contributed by atoms with van der Waals surface area (Å²) in [4.78, 5) is 25.6. The molecule has 0 saturated heterocycles. The minimum absolute atomic E-state index is 0.107. The van der Waals surface area contributed by atoms with E-state index in [9.17, 15) is 9.59 Å². The molecule has 0 spiro atoms. The highest BCUT2D eigenvalue weighted by molar-refractivity contribution is 5.92. The van der Waals surface area contributed by atoms with E-state index in [1.165, 1.54) is 16.7 Å². The van der Waals surface area contributed by atoms with Crippen LogP contribution in [0.5, 0.6) is 0 Å². The molecule has 1 heterocycles. The van der Waals surface area contributed by atoms with Crippen molar-refractivity contribution in [3.63, 3.8) is 0 Å². The summed E-state index contributed by atoms with van der Waals surface area (Å²) in [7, 11) is 0. The first-order valence-electron chi connectivity index (χ1n) is 6.09. The van der Waals surface area contributed by atoms with Gasteiger partial charge in [0.25, 0.3) is 0 Å². The number of nitrogens with zero attached hydrogens (tertiary/aromatic N) is 2. The first-order chi connectivity index (χ1) is 10.1. The molecule has 0 amide bonds. The Labute approximate surface area is 118 Å². The van der Waals surface area contributed by atoms with Crippen molar-refractivity contribution in [2.75, 3.05) is 0 Å². The third-order valence-corrected chi connectivity index (χ3v) is 3.18. The zero-order valence-electron chi connectivity index (χ0n) is 10.7. The van der Waals surface area contributed by atoms with E-state index in [-0.39, 0.29) is 11.3 Å². The minimum Gasteiger partial charge on any atom is -0.478 e. The predicted molar refractivity (Wildman–Crippen MR) is 75.6 cm³/mol. The van der Waals surface area contributed by atoms with E-state index < -0.39 is 5.97 Å². The molecule has 0 aliphatic carbocycles.